The third-order valence-corrected chi connectivity index (χ3v) is 7.19. The highest BCUT2D eigenvalue weighted by atomic mass is 16.2. The molecule has 3 heterocycles. The van der Waals surface area contributed by atoms with Gasteiger partial charge in [0.1, 0.15) is 6.04 Å². The predicted molar refractivity (Wildman–Crippen MR) is 129 cm³/mol. The van der Waals surface area contributed by atoms with Crippen LogP contribution >= 0.6 is 0 Å². The Kier molecular flexibility index (Phi) is 6.24. The number of rotatable bonds is 4. The number of nitrogens with zero attached hydrogens (tertiary/aromatic N) is 4. The maximum Gasteiger partial charge on any atom is 0.319 e. The summed E-state index contributed by atoms with van der Waals surface area (Å²) >= 11 is 0. The zero-order valence-corrected chi connectivity index (χ0v) is 20.0. The van der Waals surface area contributed by atoms with Gasteiger partial charge in [-0.3, -0.25) is 4.79 Å². The van der Waals surface area contributed by atoms with Crippen LogP contribution in [0.5, 0.6) is 0 Å². The van der Waals surface area contributed by atoms with E-state index in [4.69, 9.17) is 5.26 Å². The number of benzene rings is 1. The second-order valence-electron chi connectivity index (χ2n) is 10.4. The second kappa shape index (κ2) is 8.97. The van der Waals surface area contributed by atoms with E-state index in [0.717, 1.165) is 37.3 Å². The van der Waals surface area contributed by atoms with Crippen LogP contribution in [0.4, 0.5) is 16.2 Å². The Bertz CT molecular complexity index is 987. The summed E-state index contributed by atoms with van der Waals surface area (Å²) in [7, 11) is 3.68. The lowest BCUT2D eigenvalue weighted by molar-refractivity contribution is -0.117. The molecule has 0 aliphatic carbocycles. The number of anilines is 2. The largest absolute Gasteiger partial charge is 0.379 e. The molecule has 176 valence electrons. The number of hydrogen-bond donors (Lipinski definition) is 2. The molecule has 8 heteroatoms. The topological polar surface area (TPSA) is 91.7 Å². The average molecular weight is 451 g/mol. The molecule has 8 nitrogen and oxygen atoms in total. The number of nitriles is 1. The number of carbonyl (C=O) groups is 2. The van der Waals surface area contributed by atoms with E-state index < -0.39 is 6.04 Å². The number of hydrogen-bond acceptors (Lipinski definition) is 5. The first-order chi connectivity index (χ1) is 15.7. The molecule has 0 spiro atoms. The molecule has 2 saturated heterocycles. The molecule has 1 aromatic carbocycles. The Morgan fingerprint density at radius 2 is 1.85 bits per heavy atom. The van der Waals surface area contributed by atoms with Crippen LogP contribution < -0.4 is 15.5 Å². The smallest absolute Gasteiger partial charge is 0.319 e. The van der Waals surface area contributed by atoms with E-state index >= 15 is 0 Å². The van der Waals surface area contributed by atoms with Crippen molar-refractivity contribution in [1.29, 1.82) is 5.26 Å². The fourth-order valence-electron chi connectivity index (χ4n) is 4.91. The zero-order valence-electron chi connectivity index (χ0n) is 20.0. The number of amides is 3. The number of likely N-dealkylation sites (N-methyl/N-ethyl adjacent to an activating group) is 2. The molecule has 0 bridgehead atoms. The highest BCUT2D eigenvalue weighted by Crippen LogP contribution is 2.37. The SMILES string of the molecule is CN1CC(c2ccc(NC(=O)C3CC(C#N)=CN3)c(N3CCC(C)(C)CC3)c2)CN(C)C1=O. The molecule has 1 atom stereocenters. The van der Waals surface area contributed by atoms with E-state index in [9.17, 15) is 9.59 Å². The quantitative estimate of drug-likeness (QED) is 0.736. The highest BCUT2D eigenvalue weighted by Gasteiger charge is 2.31. The Labute approximate surface area is 196 Å². The summed E-state index contributed by atoms with van der Waals surface area (Å²) in [4.78, 5) is 31.0. The van der Waals surface area contributed by atoms with Crippen molar-refractivity contribution < 1.29 is 9.59 Å². The maximum atomic E-state index is 12.9. The second-order valence-corrected chi connectivity index (χ2v) is 10.4. The zero-order chi connectivity index (χ0) is 23.8. The van der Waals surface area contributed by atoms with Gasteiger partial charge in [0.15, 0.2) is 0 Å². The lowest BCUT2D eigenvalue weighted by Crippen LogP contribution is -2.49. The summed E-state index contributed by atoms with van der Waals surface area (Å²) in [5.74, 6) is 0.0758. The van der Waals surface area contributed by atoms with E-state index in [1.807, 2.05) is 20.2 Å². The van der Waals surface area contributed by atoms with Crippen molar-refractivity contribution in [3.63, 3.8) is 0 Å². The molecule has 1 aromatic rings. The first-order valence-electron chi connectivity index (χ1n) is 11.7. The Morgan fingerprint density at radius 3 is 2.45 bits per heavy atom. The van der Waals surface area contributed by atoms with Gasteiger partial charge in [0.25, 0.3) is 0 Å². The molecule has 0 aromatic heterocycles. The fourth-order valence-corrected chi connectivity index (χ4v) is 4.91. The lowest BCUT2D eigenvalue weighted by atomic mass is 9.82. The average Bonchev–Trinajstić information content (AvgIpc) is 3.27. The summed E-state index contributed by atoms with van der Waals surface area (Å²) in [5, 5.41) is 15.2. The van der Waals surface area contributed by atoms with Crippen LogP contribution in [0.15, 0.2) is 30.0 Å². The standard InChI is InChI=1S/C25H34N6O2/c1-25(2)7-9-31(10-8-25)22-12-18(19-15-29(3)24(33)30(4)16-19)5-6-20(22)28-23(32)21-11-17(13-26)14-27-21/h5-6,12,14,19,21,27H,7-11,15-16H2,1-4H3,(H,28,32). The summed E-state index contributed by atoms with van der Waals surface area (Å²) in [5.41, 5.74) is 3.91. The summed E-state index contributed by atoms with van der Waals surface area (Å²) in [6, 6.07) is 7.98. The molecule has 4 rings (SSSR count). The van der Waals surface area contributed by atoms with Gasteiger partial charge in [0.05, 0.1) is 17.4 Å². The minimum absolute atomic E-state index is 0.0445. The minimum Gasteiger partial charge on any atom is -0.379 e. The molecule has 0 saturated carbocycles. The highest BCUT2D eigenvalue weighted by molar-refractivity contribution is 5.98. The fraction of sp³-hybridized carbons (Fsp3) is 0.560. The normalized spacial score (nSPS) is 23.1. The number of carbonyl (C=O) groups excluding carboxylic acids is 2. The molecule has 3 amide bonds. The monoisotopic (exact) mass is 450 g/mol. The molecule has 0 radical (unpaired) electrons. The van der Waals surface area contributed by atoms with Crippen molar-refractivity contribution in [2.75, 3.05) is 50.5 Å². The van der Waals surface area contributed by atoms with Gasteiger partial charge in [-0.1, -0.05) is 19.9 Å². The van der Waals surface area contributed by atoms with Gasteiger partial charge in [-0.05, 0) is 36.0 Å². The maximum absolute atomic E-state index is 12.9. The number of nitrogens with one attached hydrogen (secondary N) is 2. The van der Waals surface area contributed by atoms with Gasteiger partial charge in [-0.2, -0.15) is 5.26 Å². The number of piperidine rings is 1. The van der Waals surface area contributed by atoms with Gasteiger partial charge in [-0.15, -0.1) is 0 Å². The summed E-state index contributed by atoms with van der Waals surface area (Å²) in [6.45, 7) is 7.83. The van der Waals surface area contributed by atoms with Gasteiger partial charge >= 0.3 is 6.03 Å². The van der Waals surface area contributed by atoms with Crippen LogP contribution in [0.25, 0.3) is 0 Å². The molecule has 2 N–H and O–H groups in total. The Morgan fingerprint density at radius 1 is 1.18 bits per heavy atom. The minimum atomic E-state index is -0.431. The van der Waals surface area contributed by atoms with E-state index in [1.54, 1.807) is 16.0 Å². The van der Waals surface area contributed by atoms with Crippen molar-refractivity contribution in [3.8, 4) is 6.07 Å². The Hall–Kier alpha value is -3.21. The first kappa shape index (κ1) is 23.0. The first-order valence-corrected chi connectivity index (χ1v) is 11.7. The van der Waals surface area contributed by atoms with E-state index in [-0.39, 0.29) is 17.9 Å². The van der Waals surface area contributed by atoms with Crippen molar-refractivity contribution in [1.82, 2.24) is 15.1 Å². The third-order valence-electron chi connectivity index (χ3n) is 7.19. The summed E-state index contributed by atoms with van der Waals surface area (Å²) in [6.07, 6.45) is 4.21. The van der Waals surface area contributed by atoms with Gasteiger partial charge in [0, 0.05) is 64.4 Å². The van der Waals surface area contributed by atoms with Crippen LogP contribution in [-0.2, 0) is 4.79 Å². The van der Waals surface area contributed by atoms with Crippen LogP contribution in [0.2, 0.25) is 0 Å². The van der Waals surface area contributed by atoms with Crippen molar-refractivity contribution in [2.24, 2.45) is 5.41 Å². The molecule has 33 heavy (non-hydrogen) atoms. The van der Waals surface area contributed by atoms with Crippen molar-refractivity contribution in [3.05, 3.63) is 35.5 Å². The molecule has 3 aliphatic heterocycles. The molecule has 2 fully saturated rings. The third kappa shape index (κ3) is 4.92. The summed E-state index contributed by atoms with van der Waals surface area (Å²) < 4.78 is 0. The number of urea groups is 1. The lowest BCUT2D eigenvalue weighted by Gasteiger charge is -2.40. The van der Waals surface area contributed by atoms with Gasteiger partial charge in [-0.25, -0.2) is 4.79 Å². The molecular weight excluding hydrogens is 416 g/mol. The van der Waals surface area contributed by atoms with Crippen LogP contribution in [0.1, 0.15) is 44.6 Å². The molecule has 1 unspecified atom stereocenters. The Balaban J connectivity index is 1.58. The van der Waals surface area contributed by atoms with Gasteiger partial charge < -0.3 is 25.3 Å². The van der Waals surface area contributed by atoms with Crippen LogP contribution in [0.3, 0.4) is 0 Å². The van der Waals surface area contributed by atoms with Crippen molar-refractivity contribution >= 4 is 23.3 Å². The van der Waals surface area contributed by atoms with E-state index in [2.05, 4.69) is 47.6 Å². The van der Waals surface area contributed by atoms with E-state index in [1.165, 1.54) is 5.56 Å². The van der Waals surface area contributed by atoms with Gasteiger partial charge in [0.2, 0.25) is 5.91 Å². The van der Waals surface area contributed by atoms with Crippen molar-refractivity contribution in [2.45, 2.75) is 45.1 Å². The van der Waals surface area contributed by atoms with Crippen LogP contribution in [-0.4, -0.2) is 68.1 Å². The molecular formula is C25H34N6O2. The predicted octanol–water partition coefficient (Wildman–Crippen LogP) is 3.10. The van der Waals surface area contributed by atoms with E-state index in [0.29, 0.717) is 30.5 Å². The van der Waals surface area contributed by atoms with Crippen LogP contribution in [0, 0.1) is 16.7 Å². The molecule has 3 aliphatic rings.